The van der Waals surface area contributed by atoms with Gasteiger partial charge >= 0.3 is 0 Å². The average Bonchev–Trinajstić information content (AvgIpc) is 2.39. The molecule has 0 aliphatic heterocycles. The summed E-state index contributed by atoms with van der Waals surface area (Å²) in [5.74, 6) is 0.810. The van der Waals surface area contributed by atoms with E-state index >= 15 is 0 Å². The molecule has 1 heterocycles. The maximum absolute atomic E-state index is 10.2. The molecule has 3 nitrogen and oxygen atoms in total. The highest BCUT2D eigenvalue weighted by atomic mass is 16.5. The van der Waals surface area contributed by atoms with Crippen LogP contribution in [0.15, 0.2) is 42.7 Å². The Morgan fingerprint density at radius 1 is 1.33 bits per heavy atom. The number of benzene rings is 1. The summed E-state index contributed by atoms with van der Waals surface area (Å²) < 4.78 is 5.16. The molecule has 0 fully saturated rings. The molecular formula is C15H17NO2. The minimum atomic E-state index is -0.514. The van der Waals surface area contributed by atoms with Gasteiger partial charge in [-0.3, -0.25) is 4.98 Å². The molecule has 2 rings (SSSR count). The number of rotatable bonds is 4. The molecule has 0 saturated heterocycles. The summed E-state index contributed by atoms with van der Waals surface area (Å²) in [6.45, 7) is 1.98. The van der Waals surface area contributed by atoms with E-state index < -0.39 is 6.10 Å². The van der Waals surface area contributed by atoms with Crippen LogP contribution in [-0.2, 0) is 6.42 Å². The van der Waals surface area contributed by atoms with Crippen molar-refractivity contribution in [2.24, 2.45) is 0 Å². The lowest BCUT2D eigenvalue weighted by atomic mass is 9.98. The van der Waals surface area contributed by atoms with Crippen LogP contribution < -0.4 is 4.74 Å². The number of nitrogens with zero attached hydrogens (tertiary/aromatic N) is 1. The van der Waals surface area contributed by atoms with Gasteiger partial charge in [0.1, 0.15) is 5.75 Å². The summed E-state index contributed by atoms with van der Waals surface area (Å²) in [5.41, 5.74) is 2.99. The van der Waals surface area contributed by atoms with Crippen molar-refractivity contribution in [3.8, 4) is 5.75 Å². The number of hydrogen-bond donors (Lipinski definition) is 1. The fourth-order valence-corrected chi connectivity index (χ4v) is 2.00. The molecule has 18 heavy (non-hydrogen) atoms. The first kappa shape index (κ1) is 12.6. The highest BCUT2D eigenvalue weighted by molar-refractivity contribution is 5.36. The molecule has 0 spiro atoms. The van der Waals surface area contributed by atoms with Crippen molar-refractivity contribution in [3.05, 3.63) is 59.4 Å². The van der Waals surface area contributed by atoms with Gasteiger partial charge in [-0.2, -0.15) is 0 Å². The van der Waals surface area contributed by atoms with E-state index in [1.54, 1.807) is 19.5 Å². The molecule has 1 N–H and O–H groups in total. The molecular weight excluding hydrogens is 226 g/mol. The first-order valence-electron chi connectivity index (χ1n) is 5.92. The Hall–Kier alpha value is -1.87. The van der Waals surface area contributed by atoms with Gasteiger partial charge in [0.15, 0.2) is 0 Å². The molecule has 1 aromatic carbocycles. The highest BCUT2D eigenvalue weighted by Gasteiger charge is 2.11. The second-order valence-corrected chi connectivity index (χ2v) is 4.30. The van der Waals surface area contributed by atoms with Crippen LogP contribution in [0.25, 0.3) is 0 Å². The highest BCUT2D eigenvalue weighted by Crippen LogP contribution is 2.24. The Bertz CT molecular complexity index is 511. The van der Waals surface area contributed by atoms with E-state index in [4.69, 9.17) is 4.74 Å². The summed E-state index contributed by atoms with van der Waals surface area (Å²) >= 11 is 0. The molecule has 94 valence electrons. The van der Waals surface area contributed by atoms with Gasteiger partial charge in [0.2, 0.25) is 0 Å². The fourth-order valence-electron chi connectivity index (χ4n) is 2.00. The van der Waals surface area contributed by atoms with E-state index in [9.17, 15) is 5.11 Å². The summed E-state index contributed by atoms with van der Waals surface area (Å²) in [5, 5.41) is 10.2. The normalized spacial score (nSPS) is 12.2. The summed E-state index contributed by atoms with van der Waals surface area (Å²) in [4.78, 5) is 4.05. The zero-order chi connectivity index (χ0) is 13.0. The van der Waals surface area contributed by atoms with E-state index in [0.717, 1.165) is 22.4 Å². The van der Waals surface area contributed by atoms with Crippen molar-refractivity contribution in [1.29, 1.82) is 0 Å². The van der Waals surface area contributed by atoms with Crippen molar-refractivity contribution < 1.29 is 9.84 Å². The monoisotopic (exact) mass is 243 g/mol. The molecule has 0 bridgehead atoms. The van der Waals surface area contributed by atoms with E-state index in [1.165, 1.54) is 0 Å². The van der Waals surface area contributed by atoms with Crippen LogP contribution in [0, 0.1) is 6.92 Å². The number of aliphatic hydroxyl groups excluding tert-OH is 1. The standard InChI is InChI=1S/C15H17NO2/c1-11-8-13(18-2)5-6-14(11)15(17)9-12-4-3-7-16-10-12/h3-8,10,15,17H,9H2,1-2H3. The molecule has 0 amide bonds. The molecule has 0 saturated carbocycles. The number of hydrogen-bond acceptors (Lipinski definition) is 3. The number of ether oxygens (including phenoxy) is 1. The van der Waals surface area contributed by atoms with Gasteiger partial charge in [0.05, 0.1) is 13.2 Å². The van der Waals surface area contributed by atoms with Gasteiger partial charge in [-0.25, -0.2) is 0 Å². The summed E-state index contributed by atoms with van der Waals surface area (Å²) in [6, 6.07) is 9.56. The van der Waals surface area contributed by atoms with Crippen molar-refractivity contribution in [3.63, 3.8) is 0 Å². The lowest BCUT2D eigenvalue weighted by molar-refractivity contribution is 0.177. The number of aryl methyl sites for hydroxylation is 1. The molecule has 3 heteroatoms. The van der Waals surface area contributed by atoms with E-state index in [0.29, 0.717) is 6.42 Å². The number of aliphatic hydroxyl groups is 1. The second-order valence-electron chi connectivity index (χ2n) is 4.30. The van der Waals surface area contributed by atoms with E-state index in [2.05, 4.69) is 4.98 Å². The predicted molar refractivity (Wildman–Crippen MR) is 70.6 cm³/mol. The minimum Gasteiger partial charge on any atom is -0.497 e. The van der Waals surface area contributed by atoms with Crippen molar-refractivity contribution in [2.75, 3.05) is 7.11 Å². The first-order valence-corrected chi connectivity index (χ1v) is 5.92. The Morgan fingerprint density at radius 3 is 2.78 bits per heavy atom. The van der Waals surface area contributed by atoms with Gasteiger partial charge in [-0.15, -0.1) is 0 Å². The minimum absolute atomic E-state index is 0.514. The van der Waals surface area contributed by atoms with Crippen LogP contribution in [-0.4, -0.2) is 17.2 Å². The van der Waals surface area contributed by atoms with Crippen LogP contribution in [0.1, 0.15) is 22.8 Å². The van der Waals surface area contributed by atoms with E-state index in [-0.39, 0.29) is 0 Å². The van der Waals surface area contributed by atoms with Crippen molar-refractivity contribution >= 4 is 0 Å². The van der Waals surface area contributed by atoms with Crippen LogP contribution in [0.5, 0.6) is 5.75 Å². The summed E-state index contributed by atoms with van der Waals surface area (Å²) in [6.07, 6.45) is 3.57. The lowest BCUT2D eigenvalue weighted by Crippen LogP contribution is -2.04. The van der Waals surface area contributed by atoms with Crippen molar-refractivity contribution in [2.45, 2.75) is 19.4 Å². The van der Waals surface area contributed by atoms with Gasteiger partial charge in [0, 0.05) is 18.8 Å². The third-order valence-electron chi connectivity index (χ3n) is 2.99. The quantitative estimate of drug-likeness (QED) is 0.897. The number of pyridine rings is 1. The lowest BCUT2D eigenvalue weighted by Gasteiger charge is -2.14. The molecule has 0 aliphatic carbocycles. The first-order chi connectivity index (χ1) is 8.70. The molecule has 1 unspecified atom stereocenters. The van der Waals surface area contributed by atoms with Gasteiger partial charge in [0.25, 0.3) is 0 Å². The van der Waals surface area contributed by atoms with Crippen molar-refractivity contribution in [1.82, 2.24) is 4.98 Å². The maximum atomic E-state index is 10.2. The third kappa shape index (κ3) is 2.87. The SMILES string of the molecule is COc1ccc(C(O)Cc2cccnc2)c(C)c1. The fraction of sp³-hybridized carbons (Fsp3) is 0.267. The molecule has 1 aromatic heterocycles. The van der Waals surface area contributed by atoms with Crippen LogP contribution in [0.3, 0.4) is 0 Å². The van der Waals surface area contributed by atoms with Crippen LogP contribution in [0.4, 0.5) is 0 Å². The molecule has 2 aromatic rings. The molecule has 1 atom stereocenters. The zero-order valence-electron chi connectivity index (χ0n) is 10.6. The van der Waals surface area contributed by atoms with Crippen LogP contribution in [0.2, 0.25) is 0 Å². The number of aromatic nitrogens is 1. The Kier molecular flexibility index (Phi) is 3.95. The topological polar surface area (TPSA) is 42.4 Å². The smallest absolute Gasteiger partial charge is 0.119 e. The third-order valence-corrected chi connectivity index (χ3v) is 2.99. The Morgan fingerprint density at radius 2 is 2.17 bits per heavy atom. The molecule has 0 aliphatic rings. The van der Waals surface area contributed by atoms with Gasteiger partial charge in [-0.1, -0.05) is 12.1 Å². The Balaban J connectivity index is 2.16. The molecule has 0 radical (unpaired) electrons. The maximum Gasteiger partial charge on any atom is 0.119 e. The zero-order valence-corrected chi connectivity index (χ0v) is 10.6. The summed E-state index contributed by atoms with van der Waals surface area (Å²) in [7, 11) is 1.64. The largest absolute Gasteiger partial charge is 0.497 e. The average molecular weight is 243 g/mol. The number of methoxy groups -OCH3 is 1. The van der Waals surface area contributed by atoms with E-state index in [1.807, 2.05) is 37.3 Å². The van der Waals surface area contributed by atoms with Crippen LogP contribution >= 0.6 is 0 Å². The van der Waals surface area contributed by atoms with Gasteiger partial charge < -0.3 is 9.84 Å². The predicted octanol–water partition coefficient (Wildman–Crippen LogP) is 2.67. The van der Waals surface area contributed by atoms with Gasteiger partial charge in [-0.05, 0) is 41.8 Å². The second kappa shape index (κ2) is 5.65. The Labute approximate surface area is 107 Å².